The van der Waals surface area contributed by atoms with Gasteiger partial charge in [0.2, 0.25) is 0 Å². The Hall–Kier alpha value is -5.07. The third kappa shape index (κ3) is 6.14. The fourth-order valence-electron chi connectivity index (χ4n) is 3.91. The molecule has 2 aromatic heterocycles. The number of carbonyl (C=O) groups is 1. The number of carbonyl (C=O) groups excluding carboxylic acids is 2. The number of aromatic nitrogens is 2. The Morgan fingerprint density at radius 1 is 0.865 bits per heavy atom. The minimum atomic E-state index is -1.03. The smallest absolute Gasteiger partial charge is 0.373 e. The molecule has 0 amide bonds. The Kier molecular flexibility index (Phi) is 8.65. The molecule has 2 heterocycles. The molecule has 8 nitrogen and oxygen atoms in total. The summed E-state index contributed by atoms with van der Waals surface area (Å²) in [6.45, 7) is 3.70. The van der Waals surface area contributed by atoms with Crippen molar-refractivity contribution in [2.75, 3.05) is 11.5 Å². The minimum Gasteiger partial charge on any atom is -0.478 e. The molecule has 0 radical (unpaired) electrons. The van der Waals surface area contributed by atoms with Crippen LogP contribution in [0.2, 0.25) is 0 Å². The van der Waals surface area contributed by atoms with Gasteiger partial charge in [-0.3, -0.25) is 4.98 Å². The van der Waals surface area contributed by atoms with Crippen molar-refractivity contribution in [1.29, 1.82) is 0 Å². The molecule has 37 heavy (non-hydrogen) atoms. The van der Waals surface area contributed by atoms with Gasteiger partial charge in [0, 0.05) is 22.0 Å². The zero-order valence-electron chi connectivity index (χ0n) is 20.4. The molecule has 0 unspecified atom stereocenters. The lowest BCUT2D eigenvalue weighted by Gasteiger charge is -2.09. The molecule has 0 fully saturated rings. The summed E-state index contributed by atoms with van der Waals surface area (Å²) in [5.41, 5.74) is 18.4. The van der Waals surface area contributed by atoms with Crippen molar-refractivity contribution in [2.24, 2.45) is 0 Å². The number of benzene rings is 3. The third-order valence-corrected chi connectivity index (χ3v) is 5.71. The second-order valence-electron chi connectivity index (χ2n) is 8.06. The Balaban J connectivity index is 0.000000186. The molecule has 0 atom stereocenters. The van der Waals surface area contributed by atoms with Gasteiger partial charge < -0.3 is 16.6 Å². The number of carboxylic acids is 1. The monoisotopic (exact) mass is 494 g/mol. The lowest BCUT2D eigenvalue weighted by atomic mass is 10.0. The minimum absolute atomic E-state index is 0.103. The van der Waals surface area contributed by atoms with Crippen LogP contribution < -0.4 is 11.5 Å². The van der Waals surface area contributed by atoms with Crippen LogP contribution in [0.15, 0.2) is 78.9 Å². The van der Waals surface area contributed by atoms with Gasteiger partial charge in [-0.1, -0.05) is 61.5 Å². The number of aryl methyl sites for hydroxylation is 2. The fraction of sp³-hybridized carbons (Fsp3) is 0.103. The molecule has 0 spiro atoms. The van der Waals surface area contributed by atoms with E-state index in [0.29, 0.717) is 16.8 Å². The van der Waals surface area contributed by atoms with E-state index in [0.717, 1.165) is 45.3 Å². The summed E-state index contributed by atoms with van der Waals surface area (Å²) in [5.74, 6) is -1.03. The number of nitrogens with two attached hydrogens (primary N) is 2. The van der Waals surface area contributed by atoms with E-state index < -0.39 is 5.97 Å². The van der Waals surface area contributed by atoms with Crippen LogP contribution in [0.1, 0.15) is 28.5 Å². The number of hydrogen-bond donors (Lipinski definition) is 3. The lowest BCUT2D eigenvalue weighted by molar-refractivity contribution is -0.191. The highest BCUT2D eigenvalue weighted by Crippen LogP contribution is 2.27. The summed E-state index contributed by atoms with van der Waals surface area (Å²) in [7, 11) is 0. The van der Waals surface area contributed by atoms with E-state index >= 15 is 0 Å². The number of anilines is 2. The van der Waals surface area contributed by atoms with Crippen LogP contribution in [-0.2, 0) is 16.0 Å². The van der Waals surface area contributed by atoms with Crippen LogP contribution in [0, 0.1) is 6.92 Å². The number of pyridine rings is 2. The molecule has 3 aromatic carbocycles. The van der Waals surface area contributed by atoms with E-state index in [-0.39, 0.29) is 11.7 Å². The molecule has 0 bridgehead atoms. The van der Waals surface area contributed by atoms with Crippen molar-refractivity contribution >= 4 is 45.3 Å². The zero-order valence-corrected chi connectivity index (χ0v) is 20.4. The first-order valence-electron chi connectivity index (χ1n) is 11.4. The Bertz CT molecular complexity index is 1600. The molecule has 186 valence electrons. The third-order valence-electron chi connectivity index (χ3n) is 5.71. The standard InChI is InChI=1S/C15H12N2.C13H14N2O2.CO2/c16-13-10-15(11-6-2-1-3-7-11)17-14-9-5-4-8-12(13)14;1-3-8-4-5-10-9(6-8)12(14)11(13(16)17)7(2)15-10;2-1-3/h1-10H,(H2,16,17);4-6H,3H2,1-2H3,(H2,14,15)(H,16,17);. The lowest BCUT2D eigenvalue weighted by Crippen LogP contribution is -2.07. The highest BCUT2D eigenvalue weighted by molar-refractivity contribution is 6.04. The van der Waals surface area contributed by atoms with E-state index in [4.69, 9.17) is 26.2 Å². The van der Waals surface area contributed by atoms with Crippen LogP contribution >= 0.6 is 0 Å². The van der Waals surface area contributed by atoms with E-state index in [1.54, 1.807) is 6.92 Å². The number of carboxylic acid groups (broad SMARTS) is 1. The van der Waals surface area contributed by atoms with Crippen molar-refractivity contribution < 1.29 is 19.5 Å². The van der Waals surface area contributed by atoms with Gasteiger partial charge in [0.15, 0.2) is 0 Å². The van der Waals surface area contributed by atoms with Crippen LogP contribution in [-0.4, -0.2) is 27.2 Å². The molecule has 8 heteroatoms. The van der Waals surface area contributed by atoms with E-state index in [1.165, 1.54) is 0 Å². The predicted octanol–water partition coefficient (Wildman–Crippen LogP) is 5.29. The van der Waals surface area contributed by atoms with Crippen molar-refractivity contribution in [1.82, 2.24) is 9.97 Å². The van der Waals surface area contributed by atoms with Gasteiger partial charge in [0.25, 0.3) is 0 Å². The van der Waals surface area contributed by atoms with Crippen LogP contribution in [0.5, 0.6) is 0 Å². The second kappa shape index (κ2) is 12.1. The number of aromatic carboxylic acids is 1. The summed E-state index contributed by atoms with van der Waals surface area (Å²) in [4.78, 5) is 36.3. The van der Waals surface area contributed by atoms with Gasteiger partial charge >= 0.3 is 12.1 Å². The van der Waals surface area contributed by atoms with Crippen molar-refractivity contribution in [3.05, 3.63) is 95.7 Å². The topological polar surface area (TPSA) is 149 Å². The van der Waals surface area contributed by atoms with E-state index in [9.17, 15) is 4.79 Å². The molecule has 5 N–H and O–H groups in total. The molecule has 0 saturated carbocycles. The number of nitrogen functional groups attached to an aromatic ring is 2. The number of rotatable bonds is 3. The van der Waals surface area contributed by atoms with Crippen LogP contribution in [0.3, 0.4) is 0 Å². The largest absolute Gasteiger partial charge is 0.478 e. The maximum absolute atomic E-state index is 11.1. The zero-order chi connectivity index (χ0) is 26.9. The van der Waals surface area contributed by atoms with Gasteiger partial charge in [0.05, 0.1) is 28.1 Å². The molecule has 0 saturated heterocycles. The van der Waals surface area contributed by atoms with Gasteiger partial charge in [-0.15, -0.1) is 0 Å². The van der Waals surface area contributed by atoms with Crippen LogP contribution in [0.25, 0.3) is 33.1 Å². The maximum Gasteiger partial charge on any atom is 0.373 e. The Morgan fingerprint density at radius 2 is 1.49 bits per heavy atom. The number of hydrogen-bond acceptors (Lipinski definition) is 7. The highest BCUT2D eigenvalue weighted by Gasteiger charge is 2.16. The molecule has 0 aliphatic carbocycles. The summed E-state index contributed by atoms with van der Waals surface area (Å²) in [5, 5.41) is 10.8. The van der Waals surface area contributed by atoms with E-state index in [2.05, 4.69) is 9.97 Å². The second-order valence-corrected chi connectivity index (χ2v) is 8.06. The average molecular weight is 495 g/mol. The molecule has 0 aliphatic rings. The summed E-state index contributed by atoms with van der Waals surface area (Å²) in [6.07, 6.45) is 1.13. The number of nitrogens with zero attached hydrogens (tertiary/aromatic N) is 2. The quantitative estimate of drug-likeness (QED) is 0.306. The van der Waals surface area contributed by atoms with Gasteiger partial charge in [-0.05, 0) is 43.2 Å². The van der Waals surface area contributed by atoms with Gasteiger partial charge in [-0.25, -0.2) is 9.78 Å². The Morgan fingerprint density at radius 3 is 2.14 bits per heavy atom. The first-order chi connectivity index (χ1) is 17.8. The summed E-state index contributed by atoms with van der Waals surface area (Å²) >= 11 is 0. The average Bonchev–Trinajstić information content (AvgIpc) is 2.90. The normalized spacial score (nSPS) is 10.0. The molecule has 5 aromatic rings. The molecule has 0 aliphatic heterocycles. The van der Waals surface area contributed by atoms with Crippen molar-refractivity contribution in [3.8, 4) is 11.3 Å². The van der Waals surface area contributed by atoms with Gasteiger partial charge in [0.1, 0.15) is 5.56 Å². The fourth-order valence-corrected chi connectivity index (χ4v) is 3.91. The summed E-state index contributed by atoms with van der Waals surface area (Å²) < 4.78 is 0. The van der Waals surface area contributed by atoms with Gasteiger partial charge in [-0.2, -0.15) is 9.59 Å². The van der Waals surface area contributed by atoms with Crippen molar-refractivity contribution in [3.63, 3.8) is 0 Å². The predicted molar refractivity (Wildman–Crippen MR) is 144 cm³/mol. The first-order valence-corrected chi connectivity index (χ1v) is 11.4. The number of fused-ring (bicyclic) bond motifs is 2. The molecular formula is C29H26N4O4. The maximum atomic E-state index is 11.1. The highest BCUT2D eigenvalue weighted by atomic mass is 16.4. The molecule has 5 rings (SSSR count). The first kappa shape index (κ1) is 26.5. The van der Waals surface area contributed by atoms with Crippen molar-refractivity contribution in [2.45, 2.75) is 20.3 Å². The van der Waals surface area contributed by atoms with E-state index in [1.807, 2.05) is 85.8 Å². The molecular weight excluding hydrogens is 468 g/mol. The Labute approximate surface area is 213 Å². The number of para-hydroxylation sites is 1. The SMILES string of the molecule is CCc1ccc2nc(C)c(C(=O)O)c(N)c2c1.Nc1cc(-c2ccccc2)nc2ccccc12.O=C=O. The summed E-state index contributed by atoms with van der Waals surface area (Å²) in [6, 6.07) is 25.7. The van der Waals surface area contributed by atoms with Crippen LogP contribution in [0.4, 0.5) is 11.4 Å².